The van der Waals surface area contributed by atoms with Crippen molar-refractivity contribution in [3.05, 3.63) is 0 Å². The van der Waals surface area contributed by atoms with E-state index in [1.807, 2.05) is 6.92 Å². The molecule has 2 saturated heterocycles. The van der Waals surface area contributed by atoms with Crippen LogP contribution in [0.3, 0.4) is 0 Å². The Kier molecular flexibility index (Phi) is 4.60. The van der Waals surface area contributed by atoms with Crippen molar-refractivity contribution in [2.75, 3.05) is 25.4 Å². The summed E-state index contributed by atoms with van der Waals surface area (Å²) in [4.78, 5) is 18.1. The van der Waals surface area contributed by atoms with Gasteiger partial charge in [-0.1, -0.05) is 11.8 Å². The van der Waals surface area contributed by atoms with Crippen molar-refractivity contribution in [1.82, 2.24) is 10.2 Å². The Morgan fingerprint density at radius 3 is 2.74 bits per heavy atom. The van der Waals surface area contributed by atoms with Gasteiger partial charge in [0.2, 0.25) is 0 Å². The number of amides is 1. The topological polar surface area (TPSA) is 53.9 Å². The average molecular weight is 285 g/mol. The molecule has 0 atom stereocenters. The van der Waals surface area contributed by atoms with E-state index in [0.717, 1.165) is 36.9 Å². The summed E-state index contributed by atoms with van der Waals surface area (Å²) in [5.74, 6) is 1.06. The van der Waals surface area contributed by atoms with Crippen molar-refractivity contribution in [3.63, 3.8) is 0 Å². The highest BCUT2D eigenvalue weighted by Crippen LogP contribution is 2.24. The van der Waals surface area contributed by atoms with Crippen molar-refractivity contribution in [3.8, 4) is 0 Å². The van der Waals surface area contributed by atoms with Crippen LogP contribution in [-0.2, 0) is 4.74 Å². The van der Waals surface area contributed by atoms with Crippen LogP contribution in [0.15, 0.2) is 4.99 Å². The minimum Gasteiger partial charge on any atom is -0.450 e. The van der Waals surface area contributed by atoms with E-state index in [4.69, 9.17) is 9.73 Å². The van der Waals surface area contributed by atoms with Gasteiger partial charge in [-0.15, -0.1) is 0 Å². The van der Waals surface area contributed by atoms with E-state index in [0.29, 0.717) is 12.6 Å². The Morgan fingerprint density at radius 1 is 1.53 bits per heavy atom. The standard InChI is InChI=1S/C13H23N3O2S/c1-4-18-12(17)16-7-5-10(6-8-16)14-11-15-13(2,3)9-19-11/h10H,4-9H2,1-3H3,(H,14,15). The number of hydrogen-bond donors (Lipinski definition) is 1. The summed E-state index contributed by atoms with van der Waals surface area (Å²) in [6.07, 6.45) is 1.65. The molecule has 0 spiro atoms. The van der Waals surface area contributed by atoms with Crippen LogP contribution in [0.2, 0.25) is 0 Å². The lowest BCUT2D eigenvalue weighted by Crippen LogP contribution is -2.41. The Labute approximate surface area is 119 Å². The number of nitrogens with zero attached hydrogens (tertiary/aromatic N) is 2. The monoisotopic (exact) mass is 285 g/mol. The molecule has 1 N–H and O–H groups in total. The quantitative estimate of drug-likeness (QED) is 0.844. The first-order chi connectivity index (χ1) is 9.00. The second-order valence-electron chi connectivity index (χ2n) is 5.65. The molecule has 0 aromatic rings. The predicted molar refractivity (Wildman–Crippen MR) is 78.7 cm³/mol. The van der Waals surface area contributed by atoms with Crippen molar-refractivity contribution < 1.29 is 9.53 Å². The third kappa shape index (κ3) is 4.03. The number of hydrogen-bond acceptors (Lipinski definition) is 4. The van der Waals surface area contributed by atoms with Gasteiger partial charge in [-0.2, -0.15) is 0 Å². The highest BCUT2D eigenvalue weighted by atomic mass is 32.2. The zero-order valence-corrected chi connectivity index (χ0v) is 12.8. The predicted octanol–water partition coefficient (Wildman–Crippen LogP) is 2.08. The molecule has 2 rings (SSSR count). The lowest BCUT2D eigenvalue weighted by atomic mass is 10.1. The lowest BCUT2D eigenvalue weighted by Gasteiger charge is -2.29. The normalized spacial score (nSPS) is 25.4. The van der Waals surface area contributed by atoms with Crippen LogP contribution in [-0.4, -0.2) is 53.2 Å². The van der Waals surface area contributed by atoms with E-state index in [-0.39, 0.29) is 11.6 Å². The minimum absolute atomic E-state index is 0.148. The minimum atomic E-state index is -0.192. The number of carbonyl (C=O) groups excluding carboxylic acids is 1. The van der Waals surface area contributed by atoms with E-state index in [2.05, 4.69) is 19.2 Å². The first-order valence-electron chi connectivity index (χ1n) is 6.90. The zero-order chi connectivity index (χ0) is 13.9. The van der Waals surface area contributed by atoms with Gasteiger partial charge in [0, 0.05) is 24.4 Å². The Balaban J connectivity index is 1.81. The Bertz CT molecular complexity index is 363. The molecular formula is C13H23N3O2S. The van der Waals surface area contributed by atoms with E-state index >= 15 is 0 Å². The number of likely N-dealkylation sites (tertiary alicyclic amines) is 1. The average Bonchev–Trinajstić information content (AvgIpc) is 2.70. The molecule has 0 unspecified atom stereocenters. The summed E-state index contributed by atoms with van der Waals surface area (Å²) in [7, 11) is 0. The fourth-order valence-corrected chi connectivity index (χ4v) is 3.38. The van der Waals surface area contributed by atoms with Gasteiger partial charge >= 0.3 is 6.09 Å². The van der Waals surface area contributed by atoms with Crippen LogP contribution in [0.4, 0.5) is 4.79 Å². The van der Waals surface area contributed by atoms with Gasteiger partial charge in [-0.3, -0.25) is 4.99 Å². The van der Waals surface area contributed by atoms with Crippen molar-refractivity contribution >= 4 is 23.0 Å². The molecular weight excluding hydrogens is 262 g/mol. The third-order valence-corrected chi connectivity index (χ3v) is 4.65. The zero-order valence-electron chi connectivity index (χ0n) is 11.9. The summed E-state index contributed by atoms with van der Waals surface area (Å²) in [6, 6.07) is 0.328. The Hall–Kier alpha value is -0.910. The summed E-state index contributed by atoms with van der Waals surface area (Å²) in [5, 5.41) is 4.49. The summed E-state index contributed by atoms with van der Waals surface area (Å²) < 4.78 is 5.01. The maximum Gasteiger partial charge on any atom is 0.409 e. The Morgan fingerprint density at radius 2 is 2.21 bits per heavy atom. The largest absolute Gasteiger partial charge is 0.450 e. The molecule has 6 heteroatoms. The smallest absolute Gasteiger partial charge is 0.409 e. The van der Waals surface area contributed by atoms with Crippen molar-refractivity contribution in [2.24, 2.45) is 4.99 Å². The molecule has 0 radical (unpaired) electrons. The molecule has 2 aliphatic heterocycles. The van der Waals surface area contributed by atoms with Gasteiger partial charge in [0.15, 0.2) is 5.17 Å². The number of nitrogens with one attached hydrogen (secondary N) is 1. The van der Waals surface area contributed by atoms with Gasteiger partial charge in [0.05, 0.1) is 12.6 Å². The fraction of sp³-hybridized carbons (Fsp3) is 0.846. The number of amidine groups is 1. The van der Waals surface area contributed by atoms with Crippen LogP contribution in [0, 0.1) is 0 Å². The number of aliphatic imine (C=N–C) groups is 1. The molecule has 2 fully saturated rings. The molecule has 108 valence electrons. The summed E-state index contributed by atoms with van der Waals surface area (Å²) in [5.41, 5.74) is 0.148. The van der Waals surface area contributed by atoms with Crippen molar-refractivity contribution in [1.29, 1.82) is 0 Å². The fourth-order valence-electron chi connectivity index (χ4n) is 2.24. The van der Waals surface area contributed by atoms with Gasteiger partial charge in [-0.05, 0) is 33.6 Å². The second kappa shape index (κ2) is 6.03. The molecule has 19 heavy (non-hydrogen) atoms. The molecule has 0 aromatic carbocycles. The summed E-state index contributed by atoms with van der Waals surface area (Å²) in [6.45, 7) is 8.14. The first kappa shape index (κ1) is 14.5. The highest BCUT2D eigenvalue weighted by Gasteiger charge is 2.29. The number of piperidine rings is 1. The van der Waals surface area contributed by atoms with Gasteiger partial charge in [0.1, 0.15) is 0 Å². The molecule has 0 saturated carbocycles. The maximum absolute atomic E-state index is 11.6. The number of thioether (sulfide) groups is 1. The molecule has 0 aromatic heterocycles. The van der Waals surface area contributed by atoms with Crippen LogP contribution in [0.25, 0.3) is 0 Å². The SMILES string of the molecule is CCOC(=O)N1CCC(N=C2NC(C)(C)CS2)CC1. The second-order valence-corrected chi connectivity index (χ2v) is 6.61. The third-order valence-electron chi connectivity index (χ3n) is 3.31. The van der Waals surface area contributed by atoms with Crippen LogP contribution in [0.5, 0.6) is 0 Å². The van der Waals surface area contributed by atoms with E-state index < -0.39 is 0 Å². The summed E-state index contributed by atoms with van der Waals surface area (Å²) >= 11 is 1.79. The molecule has 2 aliphatic rings. The van der Waals surface area contributed by atoms with E-state index in [9.17, 15) is 4.79 Å². The van der Waals surface area contributed by atoms with Gasteiger partial charge in [0.25, 0.3) is 0 Å². The van der Waals surface area contributed by atoms with Crippen molar-refractivity contribution in [2.45, 2.75) is 45.2 Å². The first-order valence-corrected chi connectivity index (χ1v) is 7.89. The van der Waals surface area contributed by atoms with Crippen LogP contribution >= 0.6 is 11.8 Å². The van der Waals surface area contributed by atoms with Gasteiger partial charge in [-0.25, -0.2) is 4.79 Å². The lowest BCUT2D eigenvalue weighted by molar-refractivity contribution is 0.0975. The number of rotatable bonds is 2. The molecule has 0 aliphatic carbocycles. The number of ether oxygens (including phenoxy) is 1. The molecule has 0 bridgehead atoms. The van der Waals surface area contributed by atoms with Crippen LogP contribution < -0.4 is 5.32 Å². The molecule has 5 nitrogen and oxygen atoms in total. The number of carbonyl (C=O) groups is 1. The van der Waals surface area contributed by atoms with Gasteiger partial charge < -0.3 is 15.0 Å². The van der Waals surface area contributed by atoms with Crippen LogP contribution in [0.1, 0.15) is 33.6 Å². The highest BCUT2D eigenvalue weighted by molar-refractivity contribution is 8.14. The molecule has 1 amide bonds. The molecule has 2 heterocycles. The van der Waals surface area contributed by atoms with E-state index in [1.54, 1.807) is 16.7 Å². The van der Waals surface area contributed by atoms with E-state index in [1.165, 1.54) is 0 Å². The maximum atomic E-state index is 11.6.